The van der Waals surface area contributed by atoms with Crippen LogP contribution in [0.1, 0.15) is 25.0 Å². The van der Waals surface area contributed by atoms with Gasteiger partial charge in [0.05, 0.1) is 18.4 Å². The molecule has 1 N–H and O–H groups in total. The first-order valence-electron chi connectivity index (χ1n) is 10.3. The molecule has 0 radical (unpaired) electrons. The number of thioether (sulfide) groups is 1. The highest BCUT2D eigenvalue weighted by Gasteiger charge is 2.18. The van der Waals surface area contributed by atoms with E-state index in [1.54, 1.807) is 13.2 Å². The first-order valence-corrected chi connectivity index (χ1v) is 11.3. The lowest BCUT2D eigenvalue weighted by molar-refractivity contribution is -0.113. The molecule has 31 heavy (non-hydrogen) atoms. The molecule has 0 aliphatic heterocycles. The number of methoxy groups -OCH3 is 1. The molecule has 0 bridgehead atoms. The lowest BCUT2D eigenvalue weighted by Crippen LogP contribution is -2.17. The number of hydrogen-bond acceptors (Lipinski definition) is 5. The van der Waals surface area contributed by atoms with E-state index < -0.39 is 0 Å². The Kier molecular flexibility index (Phi) is 7.89. The molecule has 0 saturated carbocycles. The van der Waals surface area contributed by atoms with Gasteiger partial charge in [-0.25, -0.2) is 0 Å². The molecule has 3 rings (SSSR count). The predicted molar refractivity (Wildman–Crippen MR) is 127 cm³/mol. The highest BCUT2D eigenvalue weighted by Crippen LogP contribution is 2.31. The summed E-state index contributed by atoms with van der Waals surface area (Å²) in [7, 11) is 1.63. The average Bonchev–Trinajstić information content (AvgIpc) is 3.20. The van der Waals surface area contributed by atoms with Crippen LogP contribution >= 0.6 is 11.8 Å². The van der Waals surface area contributed by atoms with Crippen molar-refractivity contribution < 1.29 is 9.53 Å². The highest BCUT2D eigenvalue weighted by atomic mass is 32.2. The minimum absolute atomic E-state index is 0.0624. The molecule has 0 saturated heterocycles. The van der Waals surface area contributed by atoms with Crippen molar-refractivity contribution in [2.24, 2.45) is 0 Å². The van der Waals surface area contributed by atoms with Gasteiger partial charge in [-0.05, 0) is 36.1 Å². The molecule has 2 aromatic carbocycles. The van der Waals surface area contributed by atoms with E-state index in [0.717, 1.165) is 41.0 Å². The van der Waals surface area contributed by atoms with Crippen LogP contribution in [-0.4, -0.2) is 33.5 Å². The largest absolute Gasteiger partial charge is 0.496 e. The fraction of sp³-hybridized carbons (Fsp3) is 0.292. The van der Waals surface area contributed by atoms with Crippen molar-refractivity contribution >= 4 is 23.4 Å². The average molecular weight is 437 g/mol. The number of ether oxygens (including phenoxy) is 1. The topological polar surface area (TPSA) is 69.0 Å². The second-order valence-corrected chi connectivity index (χ2v) is 7.84. The molecule has 0 spiro atoms. The van der Waals surface area contributed by atoms with Crippen LogP contribution in [0.25, 0.3) is 11.4 Å². The van der Waals surface area contributed by atoms with Crippen LogP contribution in [0, 0.1) is 0 Å². The van der Waals surface area contributed by atoms with E-state index in [1.165, 1.54) is 11.8 Å². The number of hydrogen-bond donors (Lipinski definition) is 1. The zero-order chi connectivity index (χ0) is 22.2. The number of carbonyl (C=O) groups excluding carboxylic acids is 1. The monoisotopic (exact) mass is 436 g/mol. The minimum atomic E-state index is -0.0624. The van der Waals surface area contributed by atoms with Crippen molar-refractivity contribution in [2.75, 3.05) is 18.2 Å². The van der Waals surface area contributed by atoms with Gasteiger partial charge >= 0.3 is 0 Å². The van der Waals surface area contributed by atoms with Gasteiger partial charge in [-0.15, -0.1) is 16.8 Å². The van der Waals surface area contributed by atoms with E-state index in [-0.39, 0.29) is 11.7 Å². The second kappa shape index (κ2) is 10.8. The van der Waals surface area contributed by atoms with E-state index in [1.807, 2.05) is 34.9 Å². The van der Waals surface area contributed by atoms with Crippen molar-refractivity contribution in [3.63, 3.8) is 0 Å². The summed E-state index contributed by atoms with van der Waals surface area (Å²) in [5.41, 5.74) is 4.07. The van der Waals surface area contributed by atoms with Crippen LogP contribution in [0.4, 0.5) is 5.69 Å². The zero-order valence-corrected chi connectivity index (χ0v) is 19.0. The van der Waals surface area contributed by atoms with Crippen LogP contribution in [0.15, 0.2) is 60.3 Å². The van der Waals surface area contributed by atoms with Crippen LogP contribution in [-0.2, 0) is 24.2 Å². The zero-order valence-electron chi connectivity index (χ0n) is 18.2. The fourth-order valence-electron chi connectivity index (χ4n) is 3.43. The summed E-state index contributed by atoms with van der Waals surface area (Å²) in [4.78, 5) is 12.7. The first kappa shape index (κ1) is 22.6. The molecular weight excluding hydrogens is 408 g/mol. The fourth-order valence-corrected chi connectivity index (χ4v) is 4.17. The number of nitrogens with zero attached hydrogens (tertiary/aromatic N) is 3. The van der Waals surface area contributed by atoms with Gasteiger partial charge in [0.15, 0.2) is 11.0 Å². The van der Waals surface area contributed by atoms with Gasteiger partial charge in [0.1, 0.15) is 5.75 Å². The standard InChI is InChI=1S/C24H28N4O2S/c1-5-15-28-23(19-13-8-9-14-20(19)30-4)26-27-24(28)31-16-21(29)25-22-17(6-2)11-10-12-18(22)7-3/h5,8-14H,1,6-7,15-16H2,2-4H3,(H,25,29). The van der Waals surface area contributed by atoms with Gasteiger partial charge in [-0.3, -0.25) is 9.36 Å². The quantitative estimate of drug-likeness (QED) is 0.358. The number of benzene rings is 2. The number of aromatic nitrogens is 3. The predicted octanol–water partition coefficient (Wildman–Crippen LogP) is 5.00. The van der Waals surface area contributed by atoms with E-state index in [0.29, 0.717) is 17.5 Å². The van der Waals surface area contributed by atoms with E-state index in [9.17, 15) is 4.79 Å². The maximum Gasteiger partial charge on any atom is 0.234 e. The summed E-state index contributed by atoms with van der Waals surface area (Å²) >= 11 is 1.36. The summed E-state index contributed by atoms with van der Waals surface area (Å²) in [5, 5.41) is 12.5. The Hall–Kier alpha value is -3.06. The molecule has 162 valence electrons. The number of amides is 1. The maximum absolute atomic E-state index is 12.7. The van der Waals surface area contributed by atoms with Crippen molar-refractivity contribution in [3.05, 3.63) is 66.2 Å². The molecule has 0 atom stereocenters. The van der Waals surface area contributed by atoms with Crippen molar-refractivity contribution in [1.82, 2.24) is 14.8 Å². The normalized spacial score (nSPS) is 10.7. The second-order valence-electron chi connectivity index (χ2n) is 6.90. The third kappa shape index (κ3) is 5.17. The summed E-state index contributed by atoms with van der Waals surface area (Å²) in [6, 6.07) is 13.8. The third-order valence-electron chi connectivity index (χ3n) is 4.97. The first-order chi connectivity index (χ1) is 15.1. The summed E-state index contributed by atoms with van der Waals surface area (Å²) in [5.74, 6) is 1.58. The van der Waals surface area contributed by atoms with E-state index in [4.69, 9.17) is 4.74 Å². The molecule has 1 aromatic heterocycles. The number of aryl methyl sites for hydroxylation is 2. The Morgan fingerprint density at radius 2 is 1.84 bits per heavy atom. The Morgan fingerprint density at radius 3 is 2.48 bits per heavy atom. The van der Waals surface area contributed by atoms with E-state index >= 15 is 0 Å². The molecule has 7 heteroatoms. The maximum atomic E-state index is 12.7. The Balaban J connectivity index is 1.79. The van der Waals surface area contributed by atoms with Gasteiger partial charge in [-0.1, -0.05) is 62.0 Å². The summed E-state index contributed by atoms with van der Waals surface area (Å²) in [6.45, 7) is 8.56. The van der Waals surface area contributed by atoms with Crippen molar-refractivity contribution in [3.8, 4) is 17.1 Å². The molecule has 0 unspecified atom stereocenters. The summed E-state index contributed by atoms with van der Waals surface area (Å²) < 4.78 is 7.42. The van der Waals surface area contributed by atoms with Crippen molar-refractivity contribution in [1.29, 1.82) is 0 Å². The minimum Gasteiger partial charge on any atom is -0.496 e. The smallest absolute Gasteiger partial charge is 0.234 e. The van der Waals surface area contributed by atoms with E-state index in [2.05, 4.69) is 48.1 Å². The molecule has 1 heterocycles. The number of anilines is 1. The Bertz CT molecular complexity index is 1040. The Morgan fingerprint density at radius 1 is 1.13 bits per heavy atom. The molecule has 3 aromatic rings. The van der Waals surface area contributed by atoms with Crippen LogP contribution in [0.2, 0.25) is 0 Å². The van der Waals surface area contributed by atoms with Crippen LogP contribution in [0.5, 0.6) is 5.75 Å². The SMILES string of the molecule is C=CCn1c(SCC(=O)Nc2c(CC)cccc2CC)nnc1-c1ccccc1OC. The molecule has 0 aliphatic rings. The molecule has 1 amide bonds. The molecule has 0 aliphatic carbocycles. The van der Waals surface area contributed by atoms with Crippen LogP contribution in [0.3, 0.4) is 0 Å². The number of rotatable bonds is 10. The molecular formula is C24H28N4O2S. The number of para-hydroxylation sites is 2. The number of allylic oxidation sites excluding steroid dienone is 1. The number of nitrogens with one attached hydrogen (secondary N) is 1. The van der Waals surface area contributed by atoms with Gasteiger partial charge in [-0.2, -0.15) is 0 Å². The highest BCUT2D eigenvalue weighted by molar-refractivity contribution is 7.99. The third-order valence-corrected chi connectivity index (χ3v) is 5.94. The van der Waals surface area contributed by atoms with Gasteiger partial charge in [0, 0.05) is 12.2 Å². The number of carbonyl (C=O) groups is 1. The lowest BCUT2D eigenvalue weighted by Gasteiger charge is -2.14. The lowest BCUT2D eigenvalue weighted by atomic mass is 10.0. The summed E-state index contributed by atoms with van der Waals surface area (Å²) in [6.07, 6.45) is 3.52. The van der Waals surface area contributed by atoms with Gasteiger partial charge in [0.2, 0.25) is 5.91 Å². The van der Waals surface area contributed by atoms with Gasteiger partial charge < -0.3 is 10.1 Å². The van der Waals surface area contributed by atoms with Crippen LogP contribution < -0.4 is 10.1 Å². The Labute approximate surface area is 187 Å². The van der Waals surface area contributed by atoms with Crippen molar-refractivity contribution in [2.45, 2.75) is 38.4 Å². The van der Waals surface area contributed by atoms with Gasteiger partial charge in [0.25, 0.3) is 0 Å². The molecule has 6 nitrogen and oxygen atoms in total. The molecule has 0 fully saturated rings.